The number of hydrogen-bond donors (Lipinski definition) is 3. The molecule has 0 radical (unpaired) electrons. The zero-order chi connectivity index (χ0) is 15.6. The molecule has 1 aliphatic heterocycles. The van der Waals surface area contributed by atoms with Gasteiger partial charge >= 0.3 is 11.9 Å². The largest absolute Gasteiger partial charge is 0.478 e. The van der Waals surface area contributed by atoms with Crippen molar-refractivity contribution in [2.45, 2.75) is 5.92 Å². The Morgan fingerprint density at radius 3 is 2.10 bits per heavy atom. The van der Waals surface area contributed by atoms with Gasteiger partial charge in [0.1, 0.15) is 0 Å². The number of dihydropyridines is 1. The molecule has 3 N–H and O–H groups in total. The van der Waals surface area contributed by atoms with Gasteiger partial charge in [-0.15, -0.1) is 0 Å². The van der Waals surface area contributed by atoms with Crippen LogP contribution < -0.4 is 5.32 Å². The van der Waals surface area contributed by atoms with E-state index in [1.165, 1.54) is 24.3 Å². The van der Waals surface area contributed by atoms with Crippen molar-refractivity contribution < 1.29 is 24.7 Å². The number of nitrogens with zero attached hydrogens (tertiary/aromatic N) is 1. The quantitative estimate of drug-likeness (QED) is 0.561. The molecule has 1 aliphatic rings. The van der Waals surface area contributed by atoms with Crippen LogP contribution in [0.5, 0.6) is 0 Å². The van der Waals surface area contributed by atoms with Crippen LogP contribution in [0.3, 0.4) is 0 Å². The maximum atomic E-state index is 11.3. The molecule has 0 aliphatic carbocycles. The van der Waals surface area contributed by atoms with Crippen molar-refractivity contribution in [3.8, 4) is 0 Å². The van der Waals surface area contributed by atoms with E-state index in [2.05, 4.69) is 5.32 Å². The third-order valence-electron chi connectivity index (χ3n) is 3.04. The van der Waals surface area contributed by atoms with Crippen LogP contribution in [0.15, 0.2) is 47.8 Å². The zero-order valence-electron chi connectivity index (χ0n) is 10.5. The normalized spacial score (nSPS) is 14.7. The van der Waals surface area contributed by atoms with E-state index < -0.39 is 22.8 Å². The Morgan fingerprint density at radius 2 is 1.62 bits per heavy atom. The maximum absolute atomic E-state index is 11.3. The van der Waals surface area contributed by atoms with Crippen molar-refractivity contribution in [2.24, 2.45) is 0 Å². The molecule has 0 unspecified atom stereocenters. The summed E-state index contributed by atoms with van der Waals surface area (Å²) in [5.41, 5.74) is -0.858. The fraction of sp³-hybridized carbons (Fsp3) is 0.0769. The Bertz CT molecular complexity index is 662. The van der Waals surface area contributed by atoms with Gasteiger partial charge in [0, 0.05) is 24.0 Å². The monoisotopic (exact) mass is 290 g/mol. The van der Waals surface area contributed by atoms with Crippen LogP contribution >= 0.6 is 0 Å². The molecule has 0 saturated heterocycles. The second-order valence-electron chi connectivity index (χ2n) is 4.23. The minimum atomic E-state index is -1.35. The first-order chi connectivity index (χ1) is 9.93. The lowest BCUT2D eigenvalue weighted by molar-refractivity contribution is -0.385. The van der Waals surface area contributed by atoms with Gasteiger partial charge in [-0.25, -0.2) is 9.59 Å². The molecular weight excluding hydrogens is 280 g/mol. The van der Waals surface area contributed by atoms with Crippen LogP contribution in [0.1, 0.15) is 11.5 Å². The summed E-state index contributed by atoms with van der Waals surface area (Å²) in [7, 11) is 0. The minimum Gasteiger partial charge on any atom is -0.478 e. The number of carbonyl (C=O) groups is 2. The third-order valence-corrected chi connectivity index (χ3v) is 3.04. The highest BCUT2D eigenvalue weighted by molar-refractivity contribution is 5.97. The lowest BCUT2D eigenvalue weighted by atomic mass is 9.83. The summed E-state index contributed by atoms with van der Waals surface area (Å²) in [4.78, 5) is 33.0. The molecule has 0 spiro atoms. The average Bonchev–Trinajstić information content (AvgIpc) is 2.46. The molecule has 0 amide bonds. The first kappa shape index (κ1) is 14.3. The van der Waals surface area contributed by atoms with Crippen LogP contribution in [0, 0.1) is 10.1 Å². The van der Waals surface area contributed by atoms with Gasteiger partial charge in [0.15, 0.2) is 0 Å². The second-order valence-corrected chi connectivity index (χ2v) is 4.23. The van der Waals surface area contributed by atoms with Gasteiger partial charge in [-0.2, -0.15) is 0 Å². The summed E-state index contributed by atoms with van der Waals surface area (Å²) in [5.74, 6) is -3.92. The van der Waals surface area contributed by atoms with Crippen molar-refractivity contribution in [1.29, 1.82) is 0 Å². The molecule has 2 rings (SSSR count). The SMILES string of the molecule is O=C(O)C1=CNC=C(C(=O)O)C1c1ccccc1[N+](=O)[O-]. The predicted octanol–water partition coefficient (Wildman–Crippen LogP) is 1.22. The average molecular weight is 290 g/mol. The Hall–Kier alpha value is -3.16. The lowest BCUT2D eigenvalue weighted by Gasteiger charge is -2.22. The first-order valence-corrected chi connectivity index (χ1v) is 5.79. The molecule has 108 valence electrons. The molecule has 0 atom stereocenters. The minimum absolute atomic E-state index is 0.0197. The van der Waals surface area contributed by atoms with Gasteiger partial charge in [-0.1, -0.05) is 18.2 Å². The van der Waals surface area contributed by atoms with Crippen molar-refractivity contribution in [1.82, 2.24) is 5.32 Å². The molecule has 8 heteroatoms. The number of nitro groups is 1. The number of benzene rings is 1. The Labute approximate surface area is 118 Å². The molecule has 0 fully saturated rings. The van der Waals surface area contributed by atoms with E-state index in [0.717, 1.165) is 12.4 Å². The van der Waals surface area contributed by atoms with E-state index >= 15 is 0 Å². The summed E-state index contributed by atoms with van der Waals surface area (Å²) in [6.45, 7) is 0. The molecular formula is C13H10N2O6. The highest BCUT2D eigenvalue weighted by Crippen LogP contribution is 2.38. The highest BCUT2D eigenvalue weighted by atomic mass is 16.6. The Morgan fingerprint density at radius 1 is 1.10 bits per heavy atom. The zero-order valence-corrected chi connectivity index (χ0v) is 10.5. The molecule has 0 aromatic heterocycles. The fourth-order valence-electron chi connectivity index (χ4n) is 2.16. The number of carboxylic acid groups (broad SMARTS) is 2. The van der Waals surface area contributed by atoms with Gasteiger partial charge in [0.2, 0.25) is 0 Å². The number of rotatable bonds is 4. The van der Waals surface area contributed by atoms with Crippen molar-refractivity contribution in [2.75, 3.05) is 0 Å². The molecule has 8 nitrogen and oxygen atoms in total. The summed E-state index contributed by atoms with van der Waals surface area (Å²) in [6.07, 6.45) is 2.24. The van der Waals surface area contributed by atoms with Gasteiger partial charge in [-0.3, -0.25) is 10.1 Å². The number of nitro benzene ring substituents is 1. The van der Waals surface area contributed by atoms with E-state index in [9.17, 15) is 29.9 Å². The van der Waals surface area contributed by atoms with E-state index in [-0.39, 0.29) is 22.4 Å². The lowest BCUT2D eigenvalue weighted by Crippen LogP contribution is -2.25. The summed E-state index contributed by atoms with van der Waals surface area (Å²) < 4.78 is 0. The molecule has 1 aromatic rings. The number of para-hydroxylation sites is 1. The van der Waals surface area contributed by atoms with Gasteiger partial charge in [0.05, 0.1) is 22.0 Å². The van der Waals surface area contributed by atoms with Crippen LogP contribution in [0.4, 0.5) is 5.69 Å². The first-order valence-electron chi connectivity index (χ1n) is 5.79. The van der Waals surface area contributed by atoms with Gasteiger partial charge in [-0.05, 0) is 0 Å². The maximum Gasteiger partial charge on any atom is 0.334 e. The van der Waals surface area contributed by atoms with E-state index in [1.807, 2.05) is 0 Å². The van der Waals surface area contributed by atoms with Crippen molar-refractivity contribution in [3.63, 3.8) is 0 Å². The third kappa shape index (κ3) is 2.59. The second kappa shape index (κ2) is 5.45. The van der Waals surface area contributed by atoms with Gasteiger partial charge in [0.25, 0.3) is 5.69 Å². The summed E-state index contributed by atoms with van der Waals surface area (Å²) in [6, 6.07) is 5.47. The predicted molar refractivity (Wildman–Crippen MR) is 70.4 cm³/mol. The number of aliphatic carboxylic acids is 2. The molecule has 1 heterocycles. The summed E-state index contributed by atoms with van der Waals surface area (Å²) >= 11 is 0. The van der Waals surface area contributed by atoms with Crippen molar-refractivity contribution in [3.05, 3.63) is 63.5 Å². The standard InChI is InChI=1S/C13H10N2O6/c16-12(17)8-5-14-6-9(13(18)19)11(8)7-3-1-2-4-10(7)15(20)21/h1-6,11,14H,(H,16,17)(H,18,19). The number of carboxylic acids is 2. The molecule has 21 heavy (non-hydrogen) atoms. The highest BCUT2D eigenvalue weighted by Gasteiger charge is 2.35. The number of nitrogens with one attached hydrogen (secondary N) is 1. The van der Waals surface area contributed by atoms with Crippen LogP contribution in [0.2, 0.25) is 0 Å². The number of hydrogen-bond acceptors (Lipinski definition) is 5. The van der Waals surface area contributed by atoms with Crippen LogP contribution in [0.25, 0.3) is 0 Å². The Kier molecular flexibility index (Phi) is 3.70. The van der Waals surface area contributed by atoms with E-state index in [1.54, 1.807) is 0 Å². The fourth-order valence-corrected chi connectivity index (χ4v) is 2.16. The molecule has 0 saturated carbocycles. The Balaban J connectivity index is 2.65. The van der Waals surface area contributed by atoms with Crippen LogP contribution in [-0.2, 0) is 9.59 Å². The van der Waals surface area contributed by atoms with E-state index in [4.69, 9.17) is 0 Å². The smallest absolute Gasteiger partial charge is 0.334 e. The van der Waals surface area contributed by atoms with Crippen LogP contribution in [-0.4, -0.2) is 27.1 Å². The van der Waals surface area contributed by atoms with Gasteiger partial charge < -0.3 is 15.5 Å². The van der Waals surface area contributed by atoms with E-state index in [0.29, 0.717) is 0 Å². The van der Waals surface area contributed by atoms with Crippen molar-refractivity contribution >= 4 is 17.6 Å². The summed E-state index contributed by atoms with van der Waals surface area (Å²) in [5, 5.41) is 31.9. The molecule has 0 bridgehead atoms. The topological polar surface area (TPSA) is 130 Å². The molecule has 1 aromatic carbocycles.